The Morgan fingerprint density at radius 2 is 2.35 bits per heavy atom. The van der Waals surface area contributed by atoms with Crippen molar-refractivity contribution in [3.63, 3.8) is 0 Å². The standard InChI is InChI=1S/C12H19N3OS/c1-8-11(17-9(2)15-8)12(16)14-7-10-5-3-4-6-13-10/h10,13H,3-7H2,1-2H3,(H,14,16). The van der Waals surface area contributed by atoms with E-state index in [-0.39, 0.29) is 5.91 Å². The van der Waals surface area contributed by atoms with Crippen molar-refractivity contribution >= 4 is 17.2 Å². The number of nitrogens with zero attached hydrogens (tertiary/aromatic N) is 1. The molecule has 2 N–H and O–H groups in total. The fraction of sp³-hybridized carbons (Fsp3) is 0.667. The van der Waals surface area contributed by atoms with Crippen molar-refractivity contribution < 1.29 is 4.79 Å². The van der Waals surface area contributed by atoms with E-state index in [9.17, 15) is 4.79 Å². The van der Waals surface area contributed by atoms with Gasteiger partial charge in [-0.2, -0.15) is 0 Å². The van der Waals surface area contributed by atoms with Crippen LogP contribution in [-0.4, -0.2) is 30.0 Å². The maximum atomic E-state index is 12.0. The molecule has 5 heteroatoms. The number of amides is 1. The van der Waals surface area contributed by atoms with E-state index in [1.165, 1.54) is 24.2 Å². The highest BCUT2D eigenvalue weighted by molar-refractivity contribution is 7.13. The van der Waals surface area contributed by atoms with Crippen LogP contribution in [0.2, 0.25) is 0 Å². The lowest BCUT2D eigenvalue weighted by molar-refractivity contribution is 0.0951. The SMILES string of the molecule is Cc1nc(C)c(C(=O)NCC2CCCCN2)s1. The third kappa shape index (κ3) is 3.26. The molecule has 0 bridgehead atoms. The number of aromatic nitrogens is 1. The minimum atomic E-state index is 0.0143. The predicted octanol–water partition coefficient (Wildman–Crippen LogP) is 1.63. The average molecular weight is 253 g/mol. The number of carbonyl (C=O) groups is 1. The van der Waals surface area contributed by atoms with Gasteiger partial charge in [0.1, 0.15) is 4.88 Å². The lowest BCUT2D eigenvalue weighted by Crippen LogP contribution is -2.43. The highest BCUT2D eigenvalue weighted by atomic mass is 32.1. The number of rotatable bonds is 3. The summed E-state index contributed by atoms with van der Waals surface area (Å²) in [6.07, 6.45) is 3.66. The van der Waals surface area contributed by atoms with Gasteiger partial charge in [-0.25, -0.2) is 4.98 Å². The van der Waals surface area contributed by atoms with Crippen molar-refractivity contribution in [2.45, 2.75) is 39.2 Å². The molecule has 1 atom stereocenters. The second kappa shape index (κ2) is 5.60. The number of aryl methyl sites for hydroxylation is 2. The van der Waals surface area contributed by atoms with Crippen LogP contribution in [0.3, 0.4) is 0 Å². The van der Waals surface area contributed by atoms with Crippen LogP contribution in [0.15, 0.2) is 0 Å². The topological polar surface area (TPSA) is 54.0 Å². The molecule has 1 unspecified atom stereocenters. The molecule has 0 spiro atoms. The van der Waals surface area contributed by atoms with Crippen molar-refractivity contribution in [3.05, 3.63) is 15.6 Å². The molecule has 17 heavy (non-hydrogen) atoms. The molecule has 2 heterocycles. The molecule has 1 fully saturated rings. The minimum Gasteiger partial charge on any atom is -0.350 e. The lowest BCUT2D eigenvalue weighted by atomic mass is 10.1. The second-order valence-corrected chi connectivity index (χ2v) is 5.71. The molecule has 0 radical (unpaired) electrons. The average Bonchev–Trinajstić information content (AvgIpc) is 2.67. The highest BCUT2D eigenvalue weighted by Crippen LogP contribution is 2.16. The molecular weight excluding hydrogens is 234 g/mol. The molecule has 94 valence electrons. The Balaban J connectivity index is 1.86. The normalized spacial score (nSPS) is 20.2. The molecular formula is C12H19N3OS. The van der Waals surface area contributed by atoms with Crippen LogP contribution < -0.4 is 10.6 Å². The number of hydrogen-bond donors (Lipinski definition) is 2. The van der Waals surface area contributed by atoms with Crippen LogP contribution in [0, 0.1) is 13.8 Å². The third-order valence-corrected chi connectivity index (χ3v) is 4.10. The van der Waals surface area contributed by atoms with Crippen LogP contribution in [0.1, 0.15) is 39.6 Å². The zero-order valence-corrected chi connectivity index (χ0v) is 11.2. The van der Waals surface area contributed by atoms with Gasteiger partial charge in [0, 0.05) is 12.6 Å². The van der Waals surface area contributed by atoms with Gasteiger partial charge in [-0.05, 0) is 33.2 Å². The largest absolute Gasteiger partial charge is 0.350 e. The van der Waals surface area contributed by atoms with Crippen molar-refractivity contribution in [2.75, 3.05) is 13.1 Å². The van der Waals surface area contributed by atoms with Gasteiger partial charge in [0.05, 0.1) is 10.7 Å². The molecule has 1 aromatic rings. The number of hydrogen-bond acceptors (Lipinski definition) is 4. The summed E-state index contributed by atoms with van der Waals surface area (Å²) in [6.45, 7) is 5.60. The van der Waals surface area contributed by atoms with Gasteiger partial charge in [0.2, 0.25) is 0 Å². The van der Waals surface area contributed by atoms with E-state index < -0.39 is 0 Å². The summed E-state index contributed by atoms with van der Waals surface area (Å²) in [7, 11) is 0. The Bertz CT molecular complexity index is 396. The Morgan fingerprint density at radius 3 is 2.94 bits per heavy atom. The summed E-state index contributed by atoms with van der Waals surface area (Å²) in [4.78, 5) is 17.0. The number of piperidine rings is 1. The molecule has 1 aliphatic rings. The van der Waals surface area contributed by atoms with Crippen LogP contribution in [0.25, 0.3) is 0 Å². The van der Waals surface area contributed by atoms with Crippen molar-refractivity contribution in [2.24, 2.45) is 0 Å². The molecule has 2 rings (SSSR count). The summed E-state index contributed by atoms with van der Waals surface area (Å²) in [6, 6.07) is 0.432. The first-order chi connectivity index (χ1) is 8.16. The maximum Gasteiger partial charge on any atom is 0.263 e. The maximum absolute atomic E-state index is 12.0. The number of thiazole rings is 1. The third-order valence-electron chi connectivity index (χ3n) is 3.03. The molecule has 1 aromatic heterocycles. The van der Waals surface area contributed by atoms with Gasteiger partial charge in [-0.15, -0.1) is 11.3 Å². The first-order valence-electron chi connectivity index (χ1n) is 6.12. The lowest BCUT2D eigenvalue weighted by Gasteiger charge is -2.23. The van der Waals surface area contributed by atoms with E-state index in [0.29, 0.717) is 6.04 Å². The summed E-state index contributed by atoms with van der Waals surface area (Å²) in [5, 5.41) is 7.36. The zero-order chi connectivity index (χ0) is 12.3. The molecule has 1 amide bonds. The summed E-state index contributed by atoms with van der Waals surface area (Å²) in [5.74, 6) is 0.0143. The van der Waals surface area contributed by atoms with Crippen LogP contribution in [0.5, 0.6) is 0 Å². The monoisotopic (exact) mass is 253 g/mol. The van der Waals surface area contributed by atoms with E-state index in [2.05, 4.69) is 15.6 Å². The Hall–Kier alpha value is -0.940. The number of carbonyl (C=O) groups excluding carboxylic acids is 1. The van der Waals surface area contributed by atoms with E-state index in [1.807, 2.05) is 13.8 Å². The minimum absolute atomic E-state index is 0.0143. The van der Waals surface area contributed by atoms with E-state index >= 15 is 0 Å². The van der Waals surface area contributed by atoms with Crippen LogP contribution in [0.4, 0.5) is 0 Å². The van der Waals surface area contributed by atoms with Crippen LogP contribution >= 0.6 is 11.3 Å². The first kappa shape index (κ1) is 12.5. The van der Waals surface area contributed by atoms with Gasteiger partial charge in [0.15, 0.2) is 0 Å². The van der Waals surface area contributed by atoms with Gasteiger partial charge in [0.25, 0.3) is 5.91 Å². The summed E-state index contributed by atoms with van der Waals surface area (Å²) >= 11 is 1.47. The molecule has 4 nitrogen and oxygen atoms in total. The highest BCUT2D eigenvalue weighted by Gasteiger charge is 2.16. The Kier molecular flexibility index (Phi) is 4.12. The molecule has 1 saturated heterocycles. The van der Waals surface area contributed by atoms with Gasteiger partial charge in [-0.1, -0.05) is 6.42 Å². The van der Waals surface area contributed by atoms with Gasteiger partial charge in [-0.3, -0.25) is 4.79 Å². The van der Waals surface area contributed by atoms with E-state index in [0.717, 1.165) is 35.1 Å². The van der Waals surface area contributed by atoms with Crippen LogP contribution in [-0.2, 0) is 0 Å². The Labute approximate surface area is 106 Å². The molecule has 1 aliphatic heterocycles. The van der Waals surface area contributed by atoms with Gasteiger partial charge < -0.3 is 10.6 Å². The van der Waals surface area contributed by atoms with E-state index in [4.69, 9.17) is 0 Å². The number of nitrogens with one attached hydrogen (secondary N) is 2. The first-order valence-corrected chi connectivity index (χ1v) is 6.94. The van der Waals surface area contributed by atoms with Crippen molar-refractivity contribution in [3.8, 4) is 0 Å². The quantitative estimate of drug-likeness (QED) is 0.861. The van der Waals surface area contributed by atoms with E-state index in [1.54, 1.807) is 0 Å². The molecule has 0 aromatic carbocycles. The summed E-state index contributed by atoms with van der Waals surface area (Å²) in [5.41, 5.74) is 0.835. The second-order valence-electron chi connectivity index (χ2n) is 4.50. The van der Waals surface area contributed by atoms with Crippen molar-refractivity contribution in [1.29, 1.82) is 0 Å². The smallest absolute Gasteiger partial charge is 0.263 e. The molecule has 0 saturated carbocycles. The zero-order valence-electron chi connectivity index (χ0n) is 10.4. The Morgan fingerprint density at radius 1 is 1.53 bits per heavy atom. The fourth-order valence-electron chi connectivity index (χ4n) is 2.14. The van der Waals surface area contributed by atoms with Crippen molar-refractivity contribution in [1.82, 2.24) is 15.6 Å². The molecule has 0 aliphatic carbocycles. The predicted molar refractivity (Wildman–Crippen MR) is 69.6 cm³/mol. The fourth-order valence-corrected chi connectivity index (χ4v) is 2.97. The van der Waals surface area contributed by atoms with Gasteiger partial charge >= 0.3 is 0 Å². The summed E-state index contributed by atoms with van der Waals surface area (Å²) < 4.78 is 0.